The van der Waals surface area contributed by atoms with Crippen LogP contribution in [0.25, 0.3) is 27.8 Å². The second-order valence-electron chi connectivity index (χ2n) is 7.84. The summed E-state index contributed by atoms with van der Waals surface area (Å²) in [5.41, 5.74) is 5.06. The number of pyridine rings is 1. The van der Waals surface area contributed by atoms with Crippen molar-refractivity contribution in [2.24, 2.45) is 5.10 Å². The normalized spacial score (nSPS) is 11.2. The zero-order valence-corrected chi connectivity index (χ0v) is 21.3. The number of fused-ring (bicyclic) bond motifs is 1. The van der Waals surface area contributed by atoms with Gasteiger partial charge in [0.15, 0.2) is 11.0 Å². The number of nitrogens with zero attached hydrogens (tertiary/aromatic N) is 5. The van der Waals surface area contributed by atoms with Gasteiger partial charge in [0.1, 0.15) is 5.75 Å². The average Bonchev–Trinajstić information content (AvgIpc) is 3.37. The van der Waals surface area contributed by atoms with E-state index in [0.29, 0.717) is 21.8 Å². The third kappa shape index (κ3) is 5.47. The van der Waals surface area contributed by atoms with E-state index in [1.54, 1.807) is 37.9 Å². The molecule has 0 bridgehead atoms. The van der Waals surface area contributed by atoms with Crippen molar-refractivity contribution in [3.8, 4) is 22.8 Å². The highest BCUT2D eigenvalue weighted by Gasteiger charge is 2.17. The number of methoxy groups -OCH3 is 1. The molecule has 8 nitrogen and oxygen atoms in total. The molecule has 2 heterocycles. The molecule has 0 unspecified atom stereocenters. The number of benzene rings is 3. The minimum atomic E-state index is -0.281. The maximum Gasteiger partial charge on any atom is 0.250 e. The van der Waals surface area contributed by atoms with Crippen LogP contribution in [-0.4, -0.2) is 44.7 Å². The smallest absolute Gasteiger partial charge is 0.250 e. The van der Waals surface area contributed by atoms with E-state index in [1.165, 1.54) is 11.8 Å². The molecule has 37 heavy (non-hydrogen) atoms. The SMILES string of the molecule is COc1ccc2ccccc2c1C=NNC(=O)CSc1nnc(-c2ccncc2)n1-c1ccc(Cl)cc1. The van der Waals surface area contributed by atoms with Gasteiger partial charge >= 0.3 is 0 Å². The number of rotatable bonds is 8. The fourth-order valence-corrected chi connectivity index (χ4v) is 4.66. The van der Waals surface area contributed by atoms with Gasteiger partial charge in [0.05, 0.1) is 19.1 Å². The van der Waals surface area contributed by atoms with E-state index < -0.39 is 0 Å². The van der Waals surface area contributed by atoms with Gasteiger partial charge in [0.2, 0.25) is 0 Å². The lowest BCUT2D eigenvalue weighted by Crippen LogP contribution is -2.20. The standard InChI is InChI=1S/C27H21ClN6O2S/c1-36-24-11-6-18-4-2-3-5-22(18)23(24)16-30-31-25(35)17-37-27-33-32-26(19-12-14-29-15-13-19)34(27)21-9-7-20(28)8-10-21/h2-16H,17H2,1H3,(H,31,35). The van der Waals surface area contributed by atoms with Crippen molar-refractivity contribution >= 4 is 46.3 Å². The summed E-state index contributed by atoms with van der Waals surface area (Å²) in [6.45, 7) is 0. The minimum absolute atomic E-state index is 0.0894. The molecule has 0 aliphatic carbocycles. The summed E-state index contributed by atoms with van der Waals surface area (Å²) < 4.78 is 7.36. The number of amides is 1. The molecule has 10 heteroatoms. The molecule has 0 atom stereocenters. The summed E-state index contributed by atoms with van der Waals surface area (Å²) >= 11 is 7.34. The van der Waals surface area contributed by atoms with Gasteiger partial charge in [-0.25, -0.2) is 5.43 Å². The molecule has 0 aliphatic heterocycles. The van der Waals surface area contributed by atoms with Crippen molar-refractivity contribution in [3.63, 3.8) is 0 Å². The Kier molecular flexibility index (Phi) is 7.43. The predicted molar refractivity (Wildman–Crippen MR) is 147 cm³/mol. The maximum atomic E-state index is 12.6. The number of aromatic nitrogens is 4. The average molecular weight is 529 g/mol. The number of halogens is 1. The zero-order valence-electron chi connectivity index (χ0n) is 19.7. The van der Waals surface area contributed by atoms with Crippen molar-refractivity contribution in [2.75, 3.05) is 12.9 Å². The highest BCUT2D eigenvalue weighted by Crippen LogP contribution is 2.29. The van der Waals surface area contributed by atoms with E-state index >= 15 is 0 Å². The molecule has 5 rings (SSSR count). The molecule has 184 valence electrons. The Morgan fingerprint density at radius 3 is 2.62 bits per heavy atom. The third-order valence-corrected chi connectivity index (χ3v) is 6.70. The van der Waals surface area contributed by atoms with Crippen LogP contribution in [0.1, 0.15) is 5.56 Å². The molecule has 0 radical (unpaired) electrons. The first-order valence-electron chi connectivity index (χ1n) is 11.3. The molecule has 1 N–H and O–H groups in total. The van der Waals surface area contributed by atoms with Crippen molar-refractivity contribution in [1.29, 1.82) is 0 Å². The second kappa shape index (κ2) is 11.2. The highest BCUT2D eigenvalue weighted by atomic mass is 35.5. The van der Waals surface area contributed by atoms with E-state index in [1.807, 2.05) is 65.2 Å². The first-order chi connectivity index (χ1) is 18.1. The zero-order chi connectivity index (χ0) is 25.6. The van der Waals surface area contributed by atoms with Gasteiger partial charge in [-0.3, -0.25) is 14.3 Å². The van der Waals surface area contributed by atoms with Crippen LogP contribution in [0.4, 0.5) is 0 Å². The molecule has 0 aliphatic rings. The lowest BCUT2D eigenvalue weighted by Gasteiger charge is -2.10. The topological polar surface area (TPSA) is 94.3 Å². The van der Waals surface area contributed by atoms with Gasteiger partial charge in [0, 0.05) is 34.2 Å². The molecule has 0 spiro atoms. The van der Waals surface area contributed by atoms with E-state index in [0.717, 1.165) is 27.6 Å². The summed E-state index contributed by atoms with van der Waals surface area (Å²) in [6, 6.07) is 22.8. The lowest BCUT2D eigenvalue weighted by atomic mass is 10.0. The monoisotopic (exact) mass is 528 g/mol. The Balaban J connectivity index is 1.33. The van der Waals surface area contributed by atoms with Crippen molar-refractivity contribution in [1.82, 2.24) is 25.2 Å². The van der Waals surface area contributed by atoms with Crippen LogP contribution in [0.2, 0.25) is 5.02 Å². The molecule has 3 aromatic carbocycles. The summed E-state index contributed by atoms with van der Waals surface area (Å²) in [6.07, 6.45) is 4.99. The number of nitrogens with one attached hydrogen (secondary N) is 1. The van der Waals surface area contributed by atoms with Crippen molar-refractivity contribution < 1.29 is 9.53 Å². The van der Waals surface area contributed by atoms with E-state index in [9.17, 15) is 4.79 Å². The first-order valence-corrected chi connectivity index (χ1v) is 12.6. The fraction of sp³-hybridized carbons (Fsp3) is 0.0741. The summed E-state index contributed by atoms with van der Waals surface area (Å²) in [7, 11) is 1.60. The Morgan fingerprint density at radius 1 is 1.05 bits per heavy atom. The van der Waals surface area contributed by atoms with Gasteiger partial charge < -0.3 is 4.74 Å². The Morgan fingerprint density at radius 2 is 1.84 bits per heavy atom. The number of carbonyl (C=O) groups excluding carboxylic acids is 1. The summed E-state index contributed by atoms with van der Waals surface area (Å²) in [5, 5.41) is 16.1. The number of ether oxygens (including phenoxy) is 1. The van der Waals surface area contributed by atoms with E-state index in [2.05, 4.69) is 25.7 Å². The molecule has 1 amide bonds. The Bertz CT molecular complexity index is 1570. The van der Waals surface area contributed by atoms with E-state index in [-0.39, 0.29) is 11.7 Å². The van der Waals surface area contributed by atoms with E-state index in [4.69, 9.17) is 16.3 Å². The molecular formula is C27H21ClN6O2S. The maximum absolute atomic E-state index is 12.6. The number of hydrazone groups is 1. The Labute approximate surface area is 222 Å². The fourth-order valence-electron chi connectivity index (χ4n) is 3.79. The number of thioether (sulfide) groups is 1. The van der Waals surface area contributed by atoms with Crippen LogP contribution in [0.15, 0.2) is 95.4 Å². The predicted octanol–water partition coefficient (Wildman–Crippen LogP) is 5.39. The van der Waals surface area contributed by atoms with Gasteiger partial charge in [-0.2, -0.15) is 5.10 Å². The first kappa shape index (κ1) is 24.5. The van der Waals surface area contributed by atoms with Gasteiger partial charge in [-0.15, -0.1) is 10.2 Å². The number of hydrogen-bond donors (Lipinski definition) is 1. The summed E-state index contributed by atoms with van der Waals surface area (Å²) in [5.74, 6) is 1.11. The van der Waals surface area contributed by atoms with Crippen LogP contribution in [0.5, 0.6) is 5.75 Å². The van der Waals surface area contributed by atoms with Crippen molar-refractivity contribution in [2.45, 2.75) is 5.16 Å². The lowest BCUT2D eigenvalue weighted by molar-refractivity contribution is -0.118. The molecule has 0 saturated heterocycles. The molecule has 2 aromatic heterocycles. The van der Waals surface area contributed by atoms with Gasteiger partial charge in [0.25, 0.3) is 5.91 Å². The molecule has 0 saturated carbocycles. The van der Waals surface area contributed by atoms with Crippen LogP contribution >= 0.6 is 23.4 Å². The molecule has 5 aromatic rings. The quantitative estimate of drug-likeness (QED) is 0.165. The van der Waals surface area contributed by atoms with Crippen LogP contribution < -0.4 is 10.2 Å². The molecular weight excluding hydrogens is 508 g/mol. The Hall–Kier alpha value is -4.21. The second-order valence-corrected chi connectivity index (χ2v) is 9.22. The minimum Gasteiger partial charge on any atom is -0.496 e. The van der Waals surface area contributed by atoms with Gasteiger partial charge in [-0.1, -0.05) is 53.7 Å². The third-order valence-electron chi connectivity index (χ3n) is 5.52. The number of hydrogen-bond acceptors (Lipinski definition) is 7. The van der Waals surface area contributed by atoms with Gasteiger partial charge in [-0.05, 0) is 53.2 Å². The highest BCUT2D eigenvalue weighted by molar-refractivity contribution is 7.99. The molecule has 0 fully saturated rings. The van der Waals surface area contributed by atoms with Crippen LogP contribution in [-0.2, 0) is 4.79 Å². The summed E-state index contributed by atoms with van der Waals surface area (Å²) in [4.78, 5) is 16.7. The van der Waals surface area contributed by atoms with Crippen molar-refractivity contribution in [3.05, 3.63) is 95.8 Å². The van der Waals surface area contributed by atoms with Crippen LogP contribution in [0.3, 0.4) is 0 Å². The largest absolute Gasteiger partial charge is 0.496 e. The van der Waals surface area contributed by atoms with Crippen LogP contribution in [0, 0.1) is 0 Å². The number of carbonyl (C=O) groups is 1.